The number of fused-ring (bicyclic) bond motifs is 6. The van der Waals surface area contributed by atoms with Gasteiger partial charge in [0.05, 0.1) is 0 Å². The van der Waals surface area contributed by atoms with Gasteiger partial charge >= 0.3 is 0 Å². The van der Waals surface area contributed by atoms with Crippen molar-refractivity contribution >= 4 is 11.4 Å². The Labute approximate surface area is 245 Å². The second-order valence-electron chi connectivity index (χ2n) is 14.0. The van der Waals surface area contributed by atoms with Gasteiger partial charge in [0.15, 0.2) is 0 Å². The first-order chi connectivity index (χ1) is 19.5. The monoisotopic (exact) mass is 533 g/mol. The van der Waals surface area contributed by atoms with Crippen LogP contribution < -0.4 is 5.32 Å². The van der Waals surface area contributed by atoms with Crippen molar-refractivity contribution in [1.82, 2.24) is 0 Å². The summed E-state index contributed by atoms with van der Waals surface area (Å²) in [7, 11) is 0. The van der Waals surface area contributed by atoms with Crippen LogP contribution in [0.25, 0.3) is 33.4 Å². The van der Waals surface area contributed by atoms with Gasteiger partial charge in [-0.1, -0.05) is 127 Å². The molecule has 0 radical (unpaired) electrons. The fraction of sp³-hybridized carbons (Fsp3) is 0.250. The Balaban J connectivity index is 1.31. The zero-order chi connectivity index (χ0) is 28.7. The molecule has 0 heterocycles. The third kappa shape index (κ3) is 3.90. The van der Waals surface area contributed by atoms with Crippen LogP contribution in [0.2, 0.25) is 0 Å². The minimum atomic E-state index is -0.120. The Morgan fingerprint density at radius 2 is 1.02 bits per heavy atom. The lowest BCUT2D eigenvalue weighted by Gasteiger charge is -2.27. The molecular formula is C40H39N. The summed E-state index contributed by atoms with van der Waals surface area (Å²) in [5, 5.41) is 3.77. The van der Waals surface area contributed by atoms with Gasteiger partial charge in [0.25, 0.3) is 0 Å². The lowest BCUT2D eigenvalue weighted by molar-refractivity contribution is 0.589. The van der Waals surface area contributed by atoms with Gasteiger partial charge in [-0.3, -0.25) is 0 Å². The summed E-state index contributed by atoms with van der Waals surface area (Å²) in [5.74, 6) is 0. The van der Waals surface area contributed by atoms with Gasteiger partial charge in [0.2, 0.25) is 0 Å². The Bertz CT molecular complexity index is 1830. The second-order valence-corrected chi connectivity index (χ2v) is 14.0. The van der Waals surface area contributed by atoms with Gasteiger partial charge in [-0.25, -0.2) is 0 Å². The molecule has 41 heavy (non-hydrogen) atoms. The fourth-order valence-electron chi connectivity index (χ4n) is 7.26. The Kier molecular flexibility index (Phi) is 5.48. The van der Waals surface area contributed by atoms with E-state index in [9.17, 15) is 0 Å². The number of benzene rings is 5. The van der Waals surface area contributed by atoms with Crippen LogP contribution in [0, 0.1) is 0 Å². The van der Waals surface area contributed by atoms with Crippen molar-refractivity contribution in [3.05, 3.63) is 131 Å². The van der Waals surface area contributed by atoms with E-state index in [0.29, 0.717) is 0 Å². The van der Waals surface area contributed by atoms with Gasteiger partial charge in [-0.2, -0.15) is 0 Å². The summed E-state index contributed by atoms with van der Waals surface area (Å²) in [4.78, 5) is 0. The van der Waals surface area contributed by atoms with E-state index >= 15 is 0 Å². The average molecular weight is 534 g/mol. The van der Waals surface area contributed by atoms with Crippen molar-refractivity contribution in [2.75, 3.05) is 5.32 Å². The minimum absolute atomic E-state index is 0.0101. The van der Waals surface area contributed by atoms with Crippen molar-refractivity contribution < 1.29 is 0 Å². The third-order valence-electron chi connectivity index (χ3n) is 9.57. The molecule has 1 heteroatoms. The molecule has 0 aromatic heterocycles. The van der Waals surface area contributed by atoms with Gasteiger partial charge in [-0.05, 0) is 90.9 Å². The van der Waals surface area contributed by atoms with Crippen LogP contribution in [-0.2, 0) is 16.2 Å². The molecule has 0 bridgehead atoms. The maximum Gasteiger partial charge on any atom is 0.0387 e. The zero-order valence-electron chi connectivity index (χ0n) is 25.3. The first-order valence-electron chi connectivity index (χ1n) is 14.9. The molecule has 0 spiro atoms. The Morgan fingerprint density at radius 3 is 1.68 bits per heavy atom. The predicted molar refractivity (Wildman–Crippen MR) is 175 cm³/mol. The topological polar surface area (TPSA) is 12.0 Å². The van der Waals surface area contributed by atoms with Crippen molar-refractivity contribution in [1.29, 1.82) is 0 Å². The van der Waals surface area contributed by atoms with Gasteiger partial charge in [-0.15, -0.1) is 0 Å². The number of anilines is 2. The van der Waals surface area contributed by atoms with Crippen LogP contribution in [0.1, 0.15) is 76.3 Å². The van der Waals surface area contributed by atoms with Crippen LogP contribution >= 0.6 is 0 Å². The van der Waals surface area contributed by atoms with E-state index in [0.717, 1.165) is 11.4 Å². The SMILES string of the molecule is CC(C)(C)c1cc(-c2ccccc2)c2c(c1)-c1ccc(Nc3ccc4c(c3)C(C)(C)c3ccccc3-4)cc1C2(C)C. The molecule has 7 rings (SSSR count). The number of hydrogen-bond donors (Lipinski definition) is 1. The van der Waals surface area contributed by atoms with Gasteiger partial charge in [0.1, 0.15) is 0 Å². The smallest absolute Gasteiger partial charge is 0.0387 e. The Morgan fingerprint density at radius 1 is 0.488 bits per heavy atom. The summed E-state index contributed by atoms with van der Waals surface area (Å²) in [6, 6.07) is 38.5. The van der Waals surface area contributed by atoms with Crippen LogP contribution in [0.3, 0.4) is 0 Å². The van der Waals surface area contributed by atoms with Gasteiger partial charge in [0, 0.05) is 22.2 Å². The average Bonchev–Trinajstić information content (AvgIpc) is 3.32. The molecule has 1 N–H and O–H groups in total. The van der Waals surface area contributed by atoms with E-state index in [-0.39, 0.29) is 16.2 Å². The first kappa shape index (κ1) is 25.8. The van der Waals surface area contributed by atoms with E-state index in [1.165, 1.54) is 61.2 Å². The third-order valence-corrected chi connectivity index (χ3v) is 9.57. The second kappa shape index (κ2) is 8.70. The largest absolute Gasteiger partial charge is 0.356 e. The lowest BCUT2D eigenvalue weighted by atomic mass is 9.76. The van der Waals surface area contributed by atoms with Crippen molar-refractivity contribution in [2.45, 2.75) is 64.7 Å². The highest BCUT2D eigenvalue weighted by Crippen LogP contribution is 2.54. The highest BCUT2D eigenvalue weighted by molar-refractivity contribution is 5.90. The molecule has 204 valence electrons. The van der Waals surface area contributed by atoms with E-state index < -0.39 is 0 Å². The molecule has 0 saturated heterocycles. The fourth-order valence-corrected chi connectivity index (χ4v) is 7.26. The quantitative estimate of drug-likeness (QED) is 0.243. The van der Waals surface area contributed by atoms with Crippen LogP contribution in [0.15, 0.2) is 103 Å². The Hall–Kier alpha value is -4.10. The molecule has 0 amide bonds. The number of rotatable bonds is 3. The van der Waals surface area contributed by atoms with E-state index in [1.54, 1.807) is 0 Å². The normalized spacial score (nSPS) is 15.6. The summed E-state index contributed by atoms with van der Waals surface area (Å²) in [6.07, 6.45) is 0. The first-order valence-corrected chi connectivity index (χ1v) is 14.9. The predicted octanol–water partition coefficient (Wildman–Crippen LogP) is 11.0. The maximum atomic E-state index is 3.77. The highest BCUT2D eigenvalue weighted by atomic mass is 14.9. The molecule has 2 aliphatic rings. The van der Waals surface area contributed by atoms with Crippen molar-refractivity contribution in [3.63, 3.8) is 0 Å². The van der Waals surface area contributed by atoms with E-state index in [2.05, 4.69) is 157 Å². The van der Waals surface area contributed by atoms with E-state index in [1.807, 2.05) is 0 Å². The minimum Gasteiger partial charge on any atom is -0.356 e. The molecule has 2 aliphatic carbocycles. The molecule has 0 atom stereocenters. The number of nitrogens with one attached hydrogen (secondary N) is 1. The molecule has 0 fully saturated rings. The molecule has 5 aromatic carbocycles. The highest BCUT2D eigenvalue weighted by Gasteiger charge is 2.39. The van der Waals surface area contributed by atoms with E-state index in [4.69, 9.17) is 0 Å². The summed E-state index contributed by atoms with van der Waals surface area (Å²) in [5.41, 5.74) is 17.3. The summed E-state index contributed by atoms with van der Waals surface area (Å²) < 4.78 is 0. The molecule has 0 aliphatic heterocycles. The van der Waals surface area contributed by atoms with Crippen LogP contribution in [0.4, 0.5) is 11.4 Å². The van der Waals surface area contributed by atoms with Crippen LogP contribution in [0.5, 0.6) is 0 Å². The van der Waals surface area contributed by atoms with Crippen LogP contribution in [-0.4, -0.2) is 0 Å². The van der Waals surface area contributed by atoms with Crippen molar-refractivity contribution in [2.24, 2.45) is 0 Å². The molecular weight excluding hydrogens is 494 g/mol. The maximum absolute atomic E-state index is 3.77. The number of hydrogen-bond acceptors (Lipinski definition) is 1. The summed E-state index contributed by atoms with van der Waals surface area (Å²) in [6.45, 7) is 16.4. The standard InChI is InChI=1S/C40H39N/c1-38(2,3)26-21-32(25-13-9-8-10-14-25)37-33(22-26)31-20-18-28(24-36(31)40(37,6)7)41-27-17-19-30-29-15-11-12-16-34(29)39(4,5)35(30)23-27/h8-24,41H,1-7H3. The van der Waals surface area contributed by atoms with Gasteiger partial charge < -0.3 is 5.32 Å². The molecule has 1 nitrogen and oxygen atoms in total. The summed E-state index contributed by atoms with van der Waals surface area (Å²) >= 11 is 0. The molecule has 0 unspecified atom stereocenters. The lowest BCUT2D eigenvalue weighted by Crippen LogP contribution is -2.18. The molecule has 5 aromatic rings. The molecule has 0 saturated carbocycles. The van der Waals surface area contributed by atoms with Crippen molar-refractivity contribution in [3.8, 4) is 33.4 Å². The zero-order valence-corrected chi connectivity index (χ0v) is 25.3.